The Balaban J connectivity index is 0.00000225. The Kier molecular flexibility index (Phi) is 6.47. The molecule has 5 nitrogen and oxygen atoms in total. The minimum atomic E-state index is -0.220. The summed E-state index contributed by atoms with van der Waals surface area (Å²) >= 11 is 0. The van der Waals surface area contributed by atoms with E-state index in [1.54, 1.807) is 0 Å². The molecule has 0 spiro atoms. The van der Waals surface area contributed by atoms with Gasteiger partial charge in [-0.1, -0.05) is 30.3 Å². The fraction of sp³-hybridized carbons (Fsp3) is 0.579. The van der Waals surface area contributed by atoms with Gasteiger partial charge >= 0.3 is 0 Å². The smallest absolute Gasteiger partial charge is 0.228 e. The van der Waals surface area contributed by atoms with Gasteiger partial charge in [-0.2, -0.15) is 0 Å². The predicted octanol–water partition coefficient (Wildman–Crippen LogP) is 2.21. The van der Waals surface area contributed by atoms with E-state index in [4.69, 9.17) is 5.73 Å². The van der Waals surface area contributed by atoms with E-state index in [-0.39, 0.29) is 42.2 Å². The summed E-state index contributed by atoms with van der Waals surface area (Å²) in [4.78, 5) is 29.1. The van der Waals surface area contributed by atoms with Crippen molar-refractivity contribution in [3.05, 3.63) is 35.9 Å². The molecule has 4 unspecified atom stereocenters. The van der Waals surface area contributed by atoms with Crippen molar-refractivity contribution >= 4 is 24.2 Å². The van der Waals surface area contributed by atoms with Gasteiger partial charge in [-0.25, -0.2) is 0 Å². The van der Waals surface area contributed by atoms with Crippen LogP contribution in [0.15, 0.2) is 30.3 Å². The van der Waals surface area contributed by atoms with Crippen molar-refractivity contribution in [3.63, 3.8) is 0 Å². The molecule has 25 heavy (non-hydrogen) atoms. The van der Waals surface area contributed by atoms with Crippen LogP contribution in [0.4, 0.5) is 0 Å². The van der Waals surface area contributed by atoms with E-state index in [2.05, 4.69) is 6.92 Å². The van der Waals surface area contributed by atoms with Crippen LogP contribution < -0.4 is 5.73 Å². The fourth-order valence-corrected chi connectivity index (χ4v) is 4.04. The van der Waals surface area contributed by atoms with Crippen LogP contribution in [0, 0.1) is 11.8 Å². The predicted molar refractivity (Wildman–Crippen MR) is 100 cm³/mol. The molecule has 0 aliphatic carbocycles. The third kappa shape index (κ3) is 3.98. The molecule has 1 aromatic carbocycles. The summed E-state index contributed by atoms with van der Waals surface area (Å²) in [7, 11) is 0. The van der Waals surface area contributed by atoms with Crippen molar-refractivity contribution in [2.24, 2.45) is 17.6 Å². The van der Waals surface area contributed by atoms with Crippen molar-refractivity contribution in [3.8, 4) is 0 Å². The molecule has 0 bridgehead atoms. The van der Waals surface area contributed by atoms with Crippen molar-refractivity contribution in [2.75, 3.05) is 19.6 Å². The zero-order valence-corrected chi connectivity index (χ0v) is 15.7. The van der Waals surface area contributed by atoms with Crippen LogP contribution in [-0.4, -0.2) is 47.3 Å². The maximum Gasteiger partial charge on any atom is 0.228 e. The number of nitrogens with two attached hydrogens (primary N) is 1. The van der Waals surface area contributed by atoms with Crippen molar-refractivity contribution in [1.82, 2.24) is 9.80 Å². The molecule has 2 fully saturated rings. The second kappa shape index (κ2) is 8.19. The molecule has 2 aliphatic rings. The van der Waals surface area contributed by atoms with E-state index in [0.29, 0.717) is 25.4 Å². The molecular formula is C19H28ClN3O2. The topological polar surface area (TPSA) is 66.6 Å². The summed E-state index contributed by atoms with van der Waals surface area (Å²) in [5, 5.41) is 0. The molecule has 0 radical (unpaired) electrons. The minimum Gasteiger partial charge on any atom is -0.339 e. The summed E-state index contributed by atoms with van der Waals surface area (Å²) in [6.07, 6.45) is 1.29. The molecule has 3 rings (SSSR count). The van der Waals surface area contributed by atoms with Gasteiger partial charge in [-0.3, -0.25) is 9.59 Å². The first-order valence-electron chi connectivity index (χ1n) is 8.86. The molecule has 2 amide bonds. The SMILES string of the molecule is CC1CC(CN)CN1C(=O)C1CC(=O)N(C(C)c2ccccc2)C1.Cl. The number of amides is 2. The van der Waals surface area contributed by atoms with E-state index < -0.39 is 0 Å². The molecule has 0 saturated carbocycles. The largest absolute Gasteiger partial charge is 0.339 e. The van der Waals surface area contributed by atoms with Crippen LogP contribution in [0.25, 0.3) is 0 Å². The number of carbonyl (C=O) groups is 2. The molecule has 4 atom stereocenters. The molecule has 2 N–H and O–H groups in total. The number of benzene rings is 1. The number of hydrogen-bond acceptors (Lipinski definition) is 3. The maximum absolute atomic E-state index is 12.9. The van der Waals surface area contributed by atoms with Crippen LogP contribution in [0.1, 0.15) is 38.3 Å². The maximum atomic E-state index is 12.9. The Morgan fingerprint density at radius 3 is 2.56 bits per heavy atom. The van der Waals surface area contributed by atoms with Gasteiger partial charge in [0.1, 0.15) is 0 Å². The molecule has 2 saturated heterocycles. The number of hydrogen-bond donors (Lipinski definition) is 1. The average Bonchev–Trinajstić information content (AvgIpc) is 3.17. The Morgan fingerprint density at radius 1 is 1.28 bits per heavy atom. The van der Waals surface area contributed by atoms with Gasteiger partial charge in [-0.15, -0.1) is 12.4 Å². The zero-order valence-electron chi connectivity index (χ0n) is 14.9. The van der Waals surface area contributed by atoms with E-state index in [0.717, 1.165) is 18.5 Å². The highest BCUT2D eigenvalue weighted by Gasteiger charge is 2.41. The number of carbonyl (C=O) groups excluding carboxylic acids is 2. The van der Waals surface area contributed by atoms with Crippen LogP contribution in [-0.2, 0) is 9.59 Å². The summed E-state index contributed by atoms with van der Waals surface area (Å²) in [6.45, 7) is 5.98. The van der Waals surface area contributed by atoms with Crippen LogP contribution in [0.5, 0.6) is 0 Å². The quantitative estimate of drug-likeness (QED) is 0.889. The number of nitrogens with zero attached hydrogens (tertiary/aromatic N) is 2. The summed E-state index contributed by atoms with van der Waals surface area (Å²) in [5.41, 5.74) is 6.87. The van der Waals surface area contributed by atoms with Crippen LogP contribution >= 0.6 is 12.4 Å². The second-order valence-electron chi connectivity index (χ2n) is 7.21. The highest BCUT2D eigenvalue weighted by atomic mass is 35.5. The Bertz CT molecular complexity index is 610. The van der Waals surface area contributed by atoms with E-state index in [1.807, 2.05) is 47.1 Å². The lowest BCUT2D eigenvalue weighted by molar-refractivity contribution is -0.136. The molecule has 2 aliphatic heterocycles. The van der Waals surface area contributed by atoms with E-state index in [9.17, 15) is 9.59 Å². The van der Waals surface area contributed by atoms with Crippen molar-refractivity contribution < 1.29 is 9.59 Å². The van der Waals surface area contributed by atoms with E-state index in [1.165, 1.54) is 0 Å². The zero-order chi connectivity index (χ0) is 17.3. The fourth-order valence-electron chi connectivity index (χ4n) is 4.04. The van der Waals surface area contributed by atoms with Gasteiger partial charge in [0, 0.05) is 25.6 Å². The number of rotatable bonds is 4. The highest BCUT2D eigenvalue weighted by molar-refractivity contribution is 5.89. The standard InChI is InChI=1S/C19H27N3O2.ClH/c1-13-8-15(10-20)11-21(13)19(24)17-9-18(23)22(12-17)14(2)16-6-4-3-5-7-16;/h3-7,13-15,17H,8-12,20H2,1-2H3;1H. The Labute approximate surface area is 155 Å². The average molecular weight is 366 g/mol. The van der Waals surface area contributed by atoms with Gasteiger partial charge in [0.15, 0.2) is 0 Å². The molecule has 138 valence electrons. The molecule has 1 aromatic rings. The first-order valence-corrected chi connectivity index (χ1v) is 8.86. The Morgan fingerprint density at radius 2 is 1.96 bits per heavy atom. The molecule has 0 aromatic heterocycles. The molecule has 6 heteroatoms. The third-order valence-electron chi connectivity index (χ3n) is 5.53. The normalized spacial score (nSPS) is 27.3. The highest BCUT2D eigenvalue weighted by Crippen LogP contribution is 2.31. The van der Waals surface area contributed by atoms with Gasteiger partial charge in [0.2, 0.25) is 11.8 Å². The molecule has 2 heterocycles. The lowest BCUT2D eigenvalue weighted by atomic mass is 10.1. The first kappa shape index (κ1) is 19.7. The van der Waals surface area contributed by atoms with Crippen LogP contribution in [0.3, 0.4) is 0 Å². The molecular weight excluding hydrogens is 338 g/mol. The van der Waals surface area contributed by atoms with E-state index >= 15 is 0 Å². The monoisotopic (exact) mass is 365 g/mol. The first-order chi connectivity index (χ1) is 11.5. The van der Waals surface area contributed by atoms with Gasteiger partial charge in [0.05, 0.1) is 12.0 Å². The number of likely N-dealkylation sites (tertiary alicyclic amines) is 2. The summed E-state index contributed by atoms with van der Waals surface area (Å²) in [6, 6.07) is 10.2. The number of halogens is 1. The summed E-state index contributed by atoms with van der Waals surface area (Å²) in [5.74, 6) is 0.365. The summed E-state index contributed by atoms with van der Waals surface area (Å²) < 4.78 is 0. The van der Waals surface area contributed by atoms with Crippen molar-refractivity contribution in [1.29, 1.82) is 0 Å². The van der Waals surface area contributed by atoms with Gasteiger partial charge < -0.3 is 15.5 Å². The Hall–Kier alpha value is -1.59. The van der Waals surface area contributed by atoms with Gasteiger partial charge in [0.25, 0.3) is 0 Å². The minimum absolute atomic E-state index is 0. The van der Waals surface area contributed by atoms with Crippen LogP contribution in [0.2, 0.25) is 0 Å². The second-order valence-corrected chi connectivity index (χ2v) is 7.21. The van der Waals surface area contributed by atoms with Crippen molar-refractivity contribution in [2.45, 2.75) is 38.8 Å². The third-order valence-corrected chi connectivity index (χ3v) is 5.53. The lowest BCUT2D eigenvalue weighted by Crippen LogP contribution is -2.40. The lowest BCUT2D eigenvalue weighted by Gasteiger charge is -2.27. The van der Waals surface area contributed by atoms with Gasteiger partial charge in [-0.05, 0) is 38.3 Å².